The molecule has 2 saturated heterocycles. The molecular weight excluding hydrogens is 480 g/mol. The van der Waals surface area contributed by atoms with Gasteiger partial charge in [-0.1, -0.05) is 18.0 Å². The topological polar surface area (TPSA) is 91.8 Å². The van der Waals surface area contributed by atoms with Crippen LogP contribution in [-0.4, -0.2) is 63.8 Å². The van der Waals surface area contributed by atoms with Crippen molar-refractivity contribution >= 4 is 29.3 Å². The minimum absolute atomic E-state index is 0.0959. The van der Waals surface area contributed by atoms with E-state index in [9.17, 15) is 14.4 Å². The highest BCUT2D eigenvalue weighted by atomic mass is 35.5. The molecule has 1 aromatic carbocycles. The summed E-state index contributed by atoms with van der Waals surface area (Å²) in [5, 5.41) is 3.03. The lowest BCUT2D eigenvalue weighted by molar-refractivity contribution is -0.136. The maximum atomic E-state index is 13.0. The smallest absolute Gasteiger partial charge is 0.255 e. The Kier molecular flexibility index (Phi) is 6.17. The number of halogens is 1. The van der Waals surface area contributed by atoms with Crippen LogP contribution in [0.2, 0.25) is 5.02 Å². The van der Waals surface area contributed by atoms with E-state index in [2.05, 4.69) is 15.2 Å². The second-order valence-corrected chi connectivity index (χ2v) is 10.8. The third kappa shape index (κ3) is 4.37. The monoisotopic (exact) mass is 508 g/mol. The maximum Gasteiger partial charge on any atom is 0.255 e. The number of nitrogens with zero attached hydrogens (tertiary/aromatic N) is 3. The van der Waals surface area contributed by atoms with Crippen molar-refractivity contribution in [2.75, 3.05) is 13.1 Å². The number of fused-ring (bicyclic) bond motifs is 1. The molecule has 4 heterocycles. The summed E-state index contributed by atoms with van der Waals surface area (Å²) < 4.78 is 6.53. The Labute approximate surface area is 214 Å². The SMILES string of the molecule is O=C1CC[C@H](N2Cc3cc(O[C@@H]4CCCC[C@H]4N4CC(c5cncc(Cl)c5)C4)ccc3C2=O)C(=O)N1. The molecule has 2 aromatic rings. The van der Waals surface area contributed by atoms with E-state index in [1.807, 2.05) is 30.5 Å². The normalized spacial score (nSPS) is 27.0. The lowest BCUT2D eigenvalue weighted by atomic mass is 9.85. The van der Waals surface area contributed by atoms with Crippen molar-refractivity contribution < 1.29 is 19.1 Å². The van der Waals surface area contributed by atoms with Crippen molar-refractivity contribution in [3.63, 3.8) is 0 Å². The number of aromatic nitrogens is 1. The van der Waals surface area contributed by atoms with Gasteiger partial charge in [0.1, 0.15) is 17.9 Å². The first-order valence-corrected chi connectivity index (χ1v) is 13.1. The van der Waals surface area contributed by atoms with E-state index in [-0.39, 0.29) is 24.3 Å². The minimum atomic E-state index is -0.608. The van der Waals surface area contributed by atoms with Gasteiger partial charge in [0.15, 0.2) is 0 Å². The van der Waals surface area contributed by atoms with E-state index < -0.39 is 11.9 Å². The van der Waals surface area contributed by atoms with Gasteiger partial charge in [-0.15, -0.1) is 0 Å². The summed E-state index contributed by atoms with van der Waals surface area (Å²) in [7, 11) is 0. The van der Waals surface area contributed by atoms with E-state index in [4.69, 9.17) is 16.3 Å². The molecule has 3 atom stereocenters. The van der Waals surface area contributed by atoms with Crippen LogP contribution in [0.25, 0.3) is 0 Å². The van der Waals surface area contributed by atoms with Gasteiger partial charge in [0.25, 0.3) is 5.91 Å². The summed E-state index contributed by atoms with van der Waals surface area (Å²) in [6.45, 7) is 2.31. The standard InChI is InChI=1S/C27H29ClN4O4/c28-19-9-16(11-29-12-19)18-13-31(14-18)22-3-1-2-4-24(22)36-20-5-6-21-17(10-20)15-32(27(21)35)23-7-8-25(33)30-26(23)34/h5-6,9-12,18,22-24H,1-4,7-8,13-15H2,(H,30,33,34)/t22-,23+,24-/m1/s1. The van der Waals surface area contributed by atoms with Crippen LogP contribution in [0.3, 0.4) is 0 Å². The van der Waals surface area contributed by atoms with E-state index >= 15 is 0 Å². The number of pyridine rings is 1. The zero-order valence-corrected chi connectivity index (χ0v) is 20.7. The molecule has 3 amide bonds. The predicted molar refractivity (Wildman–Crippen MR) is 133 cm³/mol. The molecule has 1 aromatic heterocycles. The number of carbonyl (C=O) groups excluding carboxylic acids is 3. The van der Waals surface area contributed by atoms with Crippen LogP contribution >= 0.6 is 11.6 Å². The van der Waals surface area contributed by atoms with Crippen LogP contribution in [-0.2, 0) is 16.1 Å². The van der Waals surface area contributed by atoms with Gasteiger partial charge < -0.3 is 9.64 Å². The number of nitrogens with one attached hydrogen (secondary N) is 1. The summed E-state index contributed by atoms with van der Waals surface area (Å²) >= 11 is 6.13. The van der Waals surface area contributed by atoms with E-state index in [1.54, 1.807) is 11.1 Å². The number of amides is 3. The molecule has 8 nitrogen and oxygen atoms in total. The number of piperidine rings is 1. The Bertz CT molecular complexity index is 1210. The second kappa shape index (κ2) is 9.48. The van der Waals surface area contributed by atoms with Gasteiger partial charge in [-0.3, -0.25) is 29.6 Å². The molecule has 188 valence electrons. The molecule has 0 unspecified atom stereocenters. The zero-order chi connectivity index (χ0) is 24.8. The fourth-order valence-corrected chi connectivity index (χ4v) is 6.26. The second-order valence-electron chi connectivity index (χ2n) is 10.3. The molecule has 6 rings (SSSR count). The first-order chi connectivity index (χ1) is 17.5. The Morgan fingerprint density at radius 3 is 2.67 bits per heavy atom. The van der Waals surface area contributed by atoms with Crippen molar-refractivity contribution in [3.8, 4) is 5.75 Å². The average Bonchev–Trinajstić information content (AvgIpc) is 3.15. The van der Waals surface area contributed by atoms with Crippen LogP contribution in [0.5, 0.6) is 5.75 Å². The number of rotatable bonds is 5. The lowest BCUT2D eigenvalue weighted by Crippen LogP contribution is -2.57. The summed E-state index contributed by atoms with van der Waals surface area (Å²) in [6, 6.07) is 7.38. The molecule has 4 aliphatic rings. The quantitative estimate of drug-likeness (QED) is 0.623. The highest BCUT2D eigenvalue weighted by Gasteiger charge is 2.41. The molecule has 3 fully saturated rings. The Balaban J connectivity index is 1.12. The third-order valence-electron chi connectivity index (χ3n) is 8.03. The van der Waals surface area contributed by atoms with Crippen LogP contribution in [0.1, 0.15) is 65.9 Å². The van der Waals surface area contributed by atoms with Gasteiger partial charge in [-0.2, -0.15) is 0 Å². The fourth-order valence-electron chi connectivity index (χ4n) is 6.08. The molecule has 1 saturated carbocycles. The number of ether oxygens (including phenoxy) is 1. The van der Waals surface area contributed by atoms with Crippen LogP contribution in [0.4, 0.5) is 0 Å². The number of hydrogen-bond acceptors (Lipinski definition) is 6. The Morgan fingerprint density at radius 2 is 1.86 bits per heavy atom. The van der Waals surface area contributed by atoms with Crippen molar-refractivity contribution in [3.05, 3.63) is 58.4 Å². The maximum absolute atomic E-state index is 13.0. The number of hydrogen-bond donors (Lipinski definition) is 1. The Morgan fingerprint density at radius 1 is 1.03 bits per heavy atom. The molecule has 0 bridgehead atoms. The zero-order valence-electron chi connectivity index (χ0n) is 20.0. The van der Waals surface area contributed by atoms with Gasteiger partial charge >= 0.3 is 0 Å². The summed E-state index contributed by atoms with van der Waals surface area (Å²) in [5.41, 5.74) is 2.66. The summed E-state index contributed by atoms with van der Waals surface area (Å²) in [5.74, 6) is 0.373. The largest absolute Gasteiger partial charge is 0.489 e. The molecule has 36 heavy (non-hydrogen) atoms. The van der Waals surface area contributed by atoms with Crippen molar-refractivity contribution in [1.82, 2.24) is 20.1 Å². The van der Waals surface area contributed by atoms with Gasteiger partial charge in [0.05, 0.1) is 5.02 Å². The molecule has 3 aliphatic heterocycles. The van der Waals surface area contributed by atoms with Gasteiger partial charge in [-0.25, -0.2) is 0 Å². The fraction of sp³-hybridized carbons (Fsp3) is 0.481. The first-order valence-electron chi connectivity index (χ1n) is 12.7. The highest BCUT2D eigenvalue weighted by molar-refractivity contribution is 6.30. The van der Waals surface area contributed by atoms with Crippen molar-refractivity contribution in [1.29, 1.82) is 0 Å². The molecule has 9 heteroatoms. The molecule has 1 N–H and O–H groups in total. The van der Waals surface area contributed by atoms with E-state index in [0.29, 0.717) is 35.5 Å². The van der Waals surface area contributed by atoms with Crippen molar-refractivity contribution in [2.24, 2.45) is 0 Å². The Hall–Kier alpha value is -2.97. The van der Waals surface area contributed by atoms with E-state index in [0.717, 1.165) is 43.7 Å². The highest BCUT2D eigenvalue weighted by Crippen LogP contribution is 2.37. The third-order valence-corrected chi connectivity index (χ3v) is 8.23. The lowest BCUT2D eigenvalue weighted by Gasteiger charge is -2.48. The first kappa shape index (κ1) is 23.4. The molecule has 0 spiro atoms. The van der Waals surface area contributed by atoms with Gasteiger partial charge in [0.2, 0.25) is 11.8 Å². The average molecular weight is 509 g/mol. The van der Waals surface area contributed by atoms with Crippen molar-refractivity contribution in [2.45, 2.75) is 69.2 Å². The molecule has 1 aliphatic carbocycles. The van der Waals surface area contributed by atoms with Gasteiger partial charge in [-0.05, 0) is 61.1 Å². The minimum Gasteiger partial charge on any atom is -0.489 e. The van der Waals surface area contributed by atoms with Crippen LogP contribution in [0.15, 0.2) is 36.7 Å². The van der Waals surface area contributed by atoms with Crippen LogP contribution in [0, 0.1) is 0 Å². The molecule has 0 radical (unpaired) electrons. The predicted octanol–water partition coefficient (Wildman–Crippen LogP) is 3.29. The number of benzene rings is 1. The summed E-state index contributed by atoms with van der Waals surface area (Å²) in [4.78, 5) is 45.1. The van der Waals surface area contributed by atoms with Crippen LogP contribution < -0.4 is 10.1 Å². The number of imide groups is 1. The van der Waals surface area contributed by atoms with Gasteiger partial charge in [0, 0.05) is 56.0 Å². The van der Waals surface area contributed by atoms with E-state index in [1.165, 1.54) is 12.0 Å². The summed E-state index contributed by atoms with van der Waals surface area (Å²) in [6.07, 6.45) is 8.74. The number of likely N-dealkylation sites (tertiary alicyclic amines) is 1. The molecular formula is C27H29ClN4O4. The number of carbonyl (C=O) groups is 3.